The van der Waals surface area contributed by atoms with E-state index >= 15 is 0 Å². The molecule has 21 heteroatoms. The number of carboxylic acid groups (broad SMARTS) is 6. The quantitative estimate of drug-likeness (QED) is 0.0424. The summed E-state index contributed by atoms with van der Waals surface area (Å²) in [7, 11) is 0. The average Bonchev–Trinajstić information content (AvgIpc) is 3.01. The summed E-state index contributed by atoms with van der Waals surface area (Å²) in [6.45, 7) is 7.95. The maximum atomic E-state index is 11.0. The fourth-order valence-corrected chi connectivity index (χ4v) is 4.26. The van der Waals surface area contributed by atoms with E-state index in [1.807, 2.05) is 27.7 Å². The Morgan fingerprint density at radius 1 is 0.481 bits per heavy atom. The van der Waals surface area contributed by atoms with E-state index in [1.54, 1.807) is 0 Å². The molecule has 0 fully saturated rings. The summed E-state index contributed by atoms with van der Waals surface area (Å²) in [5, 5.41) is 48.7. The molecule has 322 valence electrons. The van der Waals surface area contributed by atoms with Gasteiger partial charge in [-0.1, -0.05) is 60.8 Å². The molecule has 1 unspecified atom stereocenters. The summed E-state index contributed by atoms with van der Waals surface area (Å²) in [6.07, 6.45) is 10.8. The standard InChI is InChI=1S/2C12H23NO3.2C4H4O4.CH4.I2.3H2S/c2*1-3-5-9(8-11(14)15)6-7-10(4-2)12(13)16;2*5-3(6)1-2-4(7)8;;1-2;;;/h2*9-10H,3-8H2,1-2H3,(H2,13,16)(H,14,15);2*1-2H,(H,5,6)(H,7,8);1H4;;3*1H2/b;;2*2-1-;;;;;/t9?,10-;9-,10-;;;;;;;/m11......./s1. The van der Waals surface area contributed by atoms with Crippen molar-refractivity contribution in [3.8, 4) is 0 Å². The van der Waals surface area contributed by atoms with Gasteiger partial charge in [0.1, 0.15) is 0 Å². The van der Waals surface area contributed by atoms with Crippen molar-refractivity contribution in [2.24, 2.45) is 35.1 Å². The SMILES string of the molecule is C.CCCC(CC[C@@H](CC)C(N)=O)CC(=O)O.CCC[C@H](CC[C@@H](CC)C(N)=O)CC(=O)O.II.O=C(O)/C=C\C(=O)O.O=C(O)/C=C\C(=O)O.S.S.S. The molecule has 0 heterocycles. The highest BCUT2D eigenvalue weighted by Crippen LogP contribution is 2.23. The molecule has 10 N–H and O–H groups in total. The molecule has 2 amide bonds. The Balaban J connectivity index is -0.0000000716. The Labute approximate surface area is 363 Å². The van der Waals surface area contributed by atoms with E-state index in [0.717, 1.165) is 51.4 Å². The van der Waals surface area contributed by atoms with Crippen molar-refractivity contribution in [1.29, 1.82) is 0 Å². The molecule has 0 saturated heterocycles. The molecular weight excluding hydrogens is 998 g/mol. The second-order valence-electron chi connectivity index (χ2n) is 10.7. The van der Waals surface area contributed by atoms with Crippen molar-refractivity contribution in [2.45, 2.75) is 112 Å². The number of carbonyl (C=O) groups is 8. The van der Waals surface area contributed by atoms with Gasteiger partial charge in [-0.2, -0.15) is 40.5 Å². The number of amides is 2. The minimum Gasteiger partial charge on any atom is -0.481 e. The van der Waals surface area contributed by atoms with Gasteiger partial charge in [0, 0.05) is 86.2 Å². The Hall–Kier alpha value is -2.25. The summed E-state index contributed by atoms with van der Waals surface area (Å²) < 4.78 is 0. The molecule has 0 rings (SSSR count). The van der Waals surface area contributed by atoms with E-state index in [-0.39, 0.29) is 96.2 Å². The van der Waals surface area contributed by atoms with E-state index in [2.05, 4.69) is 37.2 Å². The lowest BCUT2D eigenvalue weighted by molar-refractivity contribution is -0.139. The van der Waals surface area contributed by atoms with Crippen LogP contribution in [0.25, 0.3) is 0 Å². The first kappa shape index (κ1) is 72.9. The van der Waals surface area contributed by atoms with Crippen LogP contribution in [0.2, 0.25) is 0 Å². The highest BCUT2D eigenvalue weighted by molar-refractivity contribution is 15.0. The zero-order valence-electron chi connectivity index (χ0n) is 30.5. The van der Waals surface area contributed by atoms with Gasteiger partial charge in [-0.25, -0.2) is 19.2 Å². The van der Waals surface area contributed by atoms with Crippen molar-refractivity contribution in [2.75, 3.05) is 0 Å². The van der Waals surface area contributed by atoms with Gasteiger partial charge in [-0.15, -0.1) is 0 Å². The molecule has 54 heavy (non-hydrogen) atoms. The van der Waals surface area contributed by atoms with Gasteiger partial charge in [0.15, 0.2) is 0 Å². The predicted molar refractivity (Wildman–Crippen MR) is 240 cm³/mol. The van der Waals surface area contributed by atoms with E-state index in [9.17, 15) is 38.4 Å². The highest BCUT2D eigenvalue weighted by atomic mass is 128. The summed E-state index contributed by atoms with van der Waals surface area (Å²) >= 11 is 4.24. The van der Waals surface area contributed by atoms with Crippen LogP contribution >= 0.6 is 77.7 Å². The summed E-state index contributed by atoms with van der Waals surface area (Å²) in [4.78, 5) is 81.6. The van der Waals surface area contributed by atoms with Crippen LogP contribution in [0, 0.1) is 23.7 Å². The molecule has 0 bridgehead atoms. The Kier molecular flexibility index (Phi) is 68.5. The van der Waals surface area contributed by atoms with Gasteiger partial charge in [0.05, 0.1) is 0 Å². The van der Waals surface area contributed by atoms with Gasteiger partial charge in [-0.3, -0.25) is 19.2 Å². The van der Waals surface area contributed by atoms with Gasteiger partial charge in [-0.05, 0) is 50.4 Å². The number of primary amides is 2. The topological polar surface area (TPSA) is 310 Å². The molecule has 0 aliphatic carbocycles. The summed E-state index contributed by atoms with van der Waals surface area (Å²) in [6, 6.07) is 0. The van der Waals surface area contributed by atoms with Crippen molar-refractivity contribution < 1.29 is 69.0 Å². The minimum atomic E-state index is -1.26. The van der Waals surface area contributed by atoms with Crippen LogP contribution in [0.3, 0.4) is 0 Å². The van der Waals surface area contributed by atoms with Gasteiger partial charge >= 0.3 is 35.8 Å². The number of halogens is 2. The highest BCUT2D eigenvalue weighted by Gasteiger charge is 2.19. The zero-order valence-corrected chi connectivity index (χ0v) is 37.8. The van der Waals surface area contributed by atoms with Crippen molar-refractivity contribution in [1.82, 2.24) is 0 Å². The molecule has 0 aromatic heterocycles. The lowest BCUT2D eigenvalue weighted by Crippen LogP contribution is -2.23. The second kappa shape index (κ2) is 50.8. The van der Waals surface area contributed by atoms with Crippen LogP contribution in [0.1, 0.15) is 112 Å². The monoisotopic (exact) mass is 1060 g/mol. The van der Waals surface area contributed by atoms with E-state index in [0.29, 0.717) is 37.1 Å². The van der Waals surface area contributed by atoms with E-state index in [4.69, 9.17) is 42.1 Å². The molecule has 0 aromatic rings. The first-order valence-corrected chi connectivity index (χ1v) is 22.0. The second-order valence-corrected chi connectivity index (χ2v) is 10.7. The fourth-order valence-electron chi connectivity index (χ4n) is 4.26. The number of hydrogen-bond donors (Lipinski definition) is 8. The molecule has 0 spiro atoms. The smallest absolute Gasteiger partial charge is 0.328 e. The van der Waals surface area contributed by atoms with Crippen LogP contribution < -0.4 is 11.5 Å². The predicted octanol–water partition coefficient (Wildman–Crippen LogP) is 6.51. The lowest BCUT2D eigenvalue weighted by Gasteiger charge is -2.16. The Morgan fingerprint density at radius 3 is 0.833 bits per heavy atom. The Bertz CT molecular complexity index is 971. The minimum absolute atomic E-state index is 0. The normalized spacial score (nSPS) is 11.4. The van der Waals surface area contributed by atoms with Crippen LogP contribution in [0.5, 0.6) is 0 Å². The lowest BCUT2D eigenvalue weighted by atomic mass is 9.89. The third kappa shape index (κ3) is 61.8. The van der Waals surface area contributed by atoms with Crippen LogP contribution in [-0.4, -0.2) is 78.3 Å². The summed E-state index contributed by atoms with van der Waals surface area (Å²) in [5.74, 6) is -6.94. The maximum Gasteiger partial charge on any atom is 0.328 e. The van der Waals surface area contributed by atoms with Gasteiger partial charge in [0.2, 0.25) is 11.8 Å². The molecular formula is C33H64I2N2O14S3. The first-order chi connectivity index (χ1) is 23.3. The number of nitrogens with two attached hydrogens (primary N) is 2. The van der Waals surface area contributed by atoms with E-state index < -0.39 is 35.8 Å². The van der Waals surface area contributed by atoms with Crippen molar-refractivity contribution in [3.05, 3.63) is 24.3 Å². The third-order valence-corrected chi connectivity index (χ3v) is 6.69. The molecule has 0 radical (unpaired) electrons. The average molecular weight is 1060 g/mol. The van der Waals surface area contributed by atoms with Gasteiger partial charge in [0.25, 0.3) is 0 Å². The van der Waals surface area contributed by atoms with E-state index in [1.165, 1.54) is 0 Å². The number of carbonyl (C=O) groups excluding carboxylic acids is 2. The largest absolute Gasteiger partial charge is 0.481 e. The fraction of sp³-hybridized carbons (Fsp3) is 0.636. The molecule has 0 aliphatic rings. The van der Waals surface area contributed by atoms with Crippen molar-refractivity contribution in [3.63, 3.8) is 0 Å². The van der Waals surface area contributed by atoms with Crippen LogP contribution in [0.4, 0.5) is 0 Å². The number of aliphatic carboxylic acids is 6. The molecule has 4 atom stereocenters. The number of rotatable bonds is 22. The third-order valence-electron chi connectivity index (χ3n) is 6.69. The molecule has 0 aromatic carbocycles. The zero-order chi connectivity index (χ0) is 40.2. The van der Waals surface area contributed by atoms with Crippen LogP contribution in [-0.2, 0) is 38.4 Å². The summed E-state index contributed by atoms with van der Waals surface area (Å²) in [5.41, 5.74) is 10.5. The molecule has 0 aliphatic heterocycles. The van der Waals surface area contributed by atoms with Crippen LogP contribution in [0.15, 0.2) is 24.3 Å². The Morgan fingerprint density at radius 2 is 0.704 bits per heavy atom. The molecule has 0 saturated carbocycles. The number of hydrogen-bond acceptors (Lipinski definition) is 8. The maximum absolute atomic E-state index is 11.0. The van der Waals surface area contributed by atoms with Gasteiger partial charge < -0.3 is 42.1 Å². The molecule has 16 nitrogen and oxygen atoms in total. The number of carboxylic acids is 6. The first-order valence-electron chi connectivity index (χ1n) is 15.7. The van der Waals surface area contributed by atoms with Crippen molar-refractivity contribution >= 4 is 125 Å².